The standard InChI is InChI=1S/C11H8ClN3O3S/c12-8-1-2-13-4-7(8)10(18)15-11-14-6(5-19-11)3-9(16)17/h1-2,4-5H,3H2,(H,16,17)(H,14,15,18). The van der Waals surface area contributed by atoms with Crippen molar-refractivity contribution in [1.29, 1.82) is 0 Å². The molecule has 0 aliphatic rings. The van der Waals surface area contributed by atoms with Crippen LogP contribution in [0.4, 0.5) is 5.13 Å². The van der Waals surface area contributed by atoms with Crippen molar-refractivity contribution in [3.8, 4) is 0 Å². The number of hydrogen-bond acceptors (Lipinski definition) is 5. The number of anilines is 1. The summed E-state index contributed by atoms with van der Waals surface area (Å²) < 4.78 is 0. The largest absolute Gasteiger partial charge is 0.481 e. The van der Waals surface area contributed by atoms with E-state index < -0.39 is 11.9 Å². The van der Waals surface area contributed by atoms with Gasteiger partial charge in [-0.05, 0) is 6.07 Å². The molecule has 0 radical (unpaired) electrons. The molecule has 8 heteroatoms. The van der Waals surface area contributed by atoms with Gasteiger partial charge in [0, 0.05) is 17.8 Å². The number of aromatic nitrogens is 2. The van der Waals surface area contributed by atoms with E-state index in [0.29, 0.717) is 10.8 Å². The van der Waals surface area contributed by atoms with E-state index in [2.05, 4.69) is 15.3 Å². The molecule has 0 fully saturated rings. The third-order valence-corrected chi connectivity index (χ3v) is 3.25. The lowest BCUT2D eigenvalue weighted by Crippen LogP contribution is -2.12. The van der Waals surface area contributed by atoms with Crippen molar-refractivity contribution >= 4 is 39.9 Å². The van der Waals surface area contributed by atoms with Gasteiger partial charge in [0.1, 0.15) is 0 Å². The first-order valence-electron chi connectivity index (χ1n) is 5.13. The lowest BCUT2D eigenvalue weighted by atomic mass is 10.3. The predicted molar refractivity (Wildman–Crippen MR) is 70.7 cm³/mol. The van der Waals surface area contributed by atoms with E-state index >= 15 is 0 Å². The molecule has 0 atom stereocenters. The van der Waals surface area contributed by atoms with Crippen molar-refractivity contribution in [3.63, 3.8) is 0 Å². The number of pyridine rings is 1. The number of aliphatic carboxylic acids is 1. The Morgan fingerprint density at radius 2 is 2.26 bits per heavy atom. The topological polar surface area (TPSA) is 92.2 Å². The van der Waals surface area contributed by atoms with Gasteiger partial charge in [-0.3, -0.25) is 19.9 Å². The zero-order valence-corrected chi connectivity index (χ0v) is 11.0. The van der Waals surface area contributed by atoms with Crippen LogP contribution in [0, 0.1) is 0 Å². The highest BCUT2D eigenvalue weighted by molar-refractivity contribution is 7.14. The van der Waals surface area contributed by atoms with Crippen LogP contribution in [-0.4, -0.2) is 27.0 Å². The van der Waals surface area contributed by atoms with Crippen molar-refractivity contribution in [1.82, 2.24) is 9.97 Å². The first-order valence-corrected chi connectivity index (χ1v) is 6.39. The van der Waals surface area contributed by atoms with Crippen LogP contribution in [0.2, 0.25) is 5.02 Å². The molecular formula is C11H8ClN3O3S. The van der Waals surface area contributed by atoms with Crippen molar-refractivity contribution in [2.75, 3.05) is 5.32 Å². The summed E-state index contributed by atoms with van der Waals surface area (Å²) in [6.07, 6.45) is 2.65. The highest BCUT2D eigenvalue weighted by atomic mass is 35.5. The molecule has 0 aliphatic carbocycles. The van der Waals surface area contributed by atoms with Gasteiger partial charge < -0.3 is 5.11 Å². The molecule has 0 aliphatic heterocycles. The van der Waals surface area contributed by atoms with Crippen LogP contribution in [-0.2, 0) is 11.2 Å². The Morgan fingerprint density at radius 1 is 1.47 bits per heavy atom. The molecule has 0 saturated heterocycles. The maximum Gasteiger partial charge on any atom is 0.309 e. The number of carboxylic acid groups (broad SMARTS) is 1. The Balaban J connectivity index is 2.09. The molecule has 2 aromatic heterocycles. The van der Waals surface area contributed by atoms with E-state index in [4.69, 9.17) is 16.7 Å². The number of amides is 1. The Labute approximate surface area is 117 Å². The predicted octanol–water partition coefficient (Wildman–Crippen LogP) is 2.07. The van der Waals surface area contributed by atoms with E-state index in [1.807, 2.05) is 0 Å². The Kier molecular flexibility index (Phi) is 4.08. The first-order chi connectivity index (χ1) is 9.06. The first kappa shape index (κ1) is 13.4. The molecule has 0 unspecified atom stereocenters. The Hall–Kier alpha value is -1.99. The van der Waals surface area contributed by atoms with Crippen molar-refractivity contribution in [2.24, 2.45) is 0 Å². The molecule has 0 spiro atoms. The second kappa shape index (κ2) is 5.77. The molecule has 2 N–H and O–H groups in total. The number of nitrogens with one attached hydrogen (secondary N) is 1. The molecule has 1 amide bonds. The number of thiazole rings is 1. The Bertz CT molecular complexity index is 629. The Morgan fingerprint density at radius 3 is 2.95 bits per heavy atom. The molecule has 2 heterocycles. The number of carboxylic acids is 1. The van der Waals surface area contributed by atoms with Crippen LogP contribution in [0.1, 0.15) is 16.1 Å². The maximum absolute atomic E-state index is 11.9. The highest BCUT2D eigenvalue weighted by Crippen LogP contribution is 2.19. The summed E-state index contributed by atoms with van der Waals surface area (Å²) in [7, 11) is 0. The lowest BCUT2D eigenvalue weighted by Gasteiger charge is -2.02. The SMILES string of the molecule is O=C(O)Cc1csc(NC(=O)c2cnccc2Cl)n1. The number of hydrogen-bond donors (Lipinski definition) is 2. The minimum Gasteiger partial charge on any atom is -0.481 e. The molecule has 0 saturated carbocycles. The fourth-order valence-electron chi connectivity index (χ4n) is 1.31. The fraction of sp³-hybridized carbons (Fsp3) is 0.0909. The van der Waals surface area contributed by atoms with Crippen LogP contribution in [0.3, 0.4) is 0 Å². The summed E-state index contributed by atoms with van der Waals surface area (Å²) in [5.74, 6) is -1.41. The third-order valence-electron chi connectivity index (χ3n) is 2.12. The van der Waals surface area contributed by atoms with E-state index in [1.54, 1.807) is 5.38 Å². The maximum atomic E-state index is 11.9. The number of carbonyl (C=O) groups is 2. The van der Waals surface area contributed by atoms with Gasteiger partial charge in [-0.2, -0.15) is 0 Å². The fourth-order valence-corrected chi connectivity index (χ4v) is 2.21. The van der Waals surface area contributed by atoms with Gasteiger partial charge in [0.05, 0.1) is 22.7 Å². The molecular weight excluding hydrogens is 290 g/mol. The number of nitrogens with zero attached hydrogens (tertiary/aromatic N) is 2. The molecule has 98 valence electrons. The van der Waals surface area contributed by atoms with Crippen LogP contribution in [0.25, 0.3) is 0 Å². The molecule has 6 nitrogen and oxygen atoms in total. The summed E-state index contributed by atoms with van der Waals surface area (Å²) in [4.78, 5) is 30.2. The van der Waals surface area contributed by atoms with Crippen molar-refractivity contribution in [2.45, 2.75) is 6.42 Å². The van der Waals surface area contributed by atoms with Crippen LogP contribution >= 0.6 is 22.9 Å². The minimum absolute atomic E-state index is 0.181. The third kappa shape index (κ3) is 3.49. The van der Waals surface area contributed by atoms with Gasteiger partial charge in [0.25, 0.3) is 5.91 Å². The number of halogens is 1. The van der Waals surface area contributed by atoms with Gasteiger partial charge in [0.2, 0.25) is 0 Å². The summed E-state index contributed by atoms with van der Waals surface area (Å²) in [5.41, 5.74) is 0.629. The van der Waals surface area contributed by atoms with E-state index in [-0.39, 0.29) is 17.0 Å². The molecule has 19 heavy (non-hydrogen) atoms. The molecule has 0 bridgehead atoms. The number of carbonyl (C=O) groups excluding carboxylic acids is 1. The summed E-state index contributed by atoms with van der Waals surface area (Å²) in [6, 6.07) is 1.51. The average Bonchev–Trinajstić information content (AvgIpc) is 2.76. The quantitative estimate of drug-likeness (QED) is 0.901. The minimum atomic E-state index is -0.974. The molecule has 0 aromatic carbocycles. The van der Waals surface area contributed by atoms with Crippen molar-refractivity contribution < 1.29 is 14.7 Å². The second-order valence-corrected chi connectivity index (χ2v) is 4.79. The monoisotopic (exact) mass is 297 g/mol. The smallest absolute Gasteiger partial charge is 0.309 e. The van der Waals surface area contributed by atoms with Crippen LogP contribution < -0.4 is 5.32 Å². The lowest BCUT2D eigenvalue weighted by molar-refractivity contribution is -0.136. The average molecular weight is 298 g/mol. The summed E-state index contributed by atoms with van der Waals surface area (Å²) in [5, 5.41) is 13.4. The van der Waals surface area contributed by atoms with Gasteiger partial charge >= 0.3 is 5.97 Å². The van der Waals surface area contributed by atoms with Gasteiger partial charge in [-0.15, -0.1) is 11.3 Å². The zero-order chi connectivity index (χ0) is 13.8. The van der Waals surface area contributed by atoms with Crippen LogP contribution in [0.15, 0.2) is 23.8 Å². The summed E-state index contributed by atoms with van der Waals surface area (Å²) in [6.45, 7) is 0. The highest BCUT2D eigenvalue weighted by Gasteiger charge is 2.13. The van der Waals surface area contributed by atoms with Gasteiger partial charge in [0.15, 0.2) is 5.13 Å². The summed E-state index contributed by atoms with van der Waals surface area (Å²) >= 11 is 7.01. The van der Waals surface area contributed by atoms with Crippen LogP contribution in [0.5, 0.6) is 0 Å². The number of rotatable bonds is 4. The van der Waals surface area contributed by atoms with E-state index in [1.165, 1.54) is 18.5 Å². The zero-order valence-electron chi connectivity index (χ0n) is 9.46. The molecule has 2 rings (SSSR count). The normalized spacial score (nSPS) is 10.2. The van der Waals surface area contributed by atoms with Gasteiger partial charge in [-0.1, -0.05) is 11.6 Å². The second-order valence-electron chi connectivity index (χ2n) is 3.52. The van der Waals surface area contributed by atoms with Crippen molar-refractivity contribution in [3.05, 3.63) is 40.1 Å². The molecule has 2 aromatic rings. The van der Waals surface area contributed by atoms with E-state index in [9.17, 15) is 9.59 Å². The van der Waals surface area contributed by atoms with Gasteiger partial charge in [-0.25, -0.2) is 4.98 Å². The van der Waals surface area contributed by atoms with E-state index in [0.717, 1.165) is 11.3 Å².